The van der Waals surface area contributed by atoms with Crippen LogP contribution in [0.15, 0.2) is 18.2 Å². The molecule has 0 bridgehead atoms. The van der Waals surface area contributed by atoms with Gasteiger partial charge < -0.3 is 10.4 Å². The number of nitrogens with one attached hydrogen (secondary N) is 1. The largest absolute Gasteiger partial charge is 0.481 e. The van der Waals surface area contributed by atoms with Gasteiger partial charge in [0, 0.05) is 22.5 Å². The van der Waals surface area contributed by atoms with Gasteiger partial charge >= 0.3 is 5.97 Å². The Morgan fingerprint density at radius 3 is 2.60 bits per heavy atom. The molecule has 1 unspecified atom stereocenters. The van der Waals surface area contributed by atoms with Gasteiger partial charge in [-0.25, -0.2) is 0 Å². The monoisotopic (exact) mass is 317 g/mol. The standard InChI is InChI=1S/C14H17Cl2NO3/c1-2-11(8-14(19)20)17-13(18)6-4-9-3-5-10(15)7-12(9)16/h3,5,7,11H,2,4,6,8H2,1H3,(H,17,18)(H,19,20). The fourth-order valence-corrected chi connectivity index (χ4v) is 2.28. The molecular formula is C14H17Cl2NO3. The number of hydrogen-bond donors (Lipinski definition) is 2. The molecule has 0 aromatic heterocycles. The van der Waals surface area contributed by atoms with Gasteiger partial charge in [-0.3, -0.25) is 9.59 Å². The van der Waals surface area contributed by atoms with Crippen LogP contribution >= 0.6 is 23.2 Å². The number of aliphatic carboxylic acids is 1. The van der Waals surface area contributed by atoms with Crippen molar-refractivity contribution >= 4 is 35.1 Å². The molecule has 1 amide bonds. The summed E-state index contributed by atoms with van der Waals surface area (Å²) in [7, 11) is 0. The van der Waals surface area contributed by atoms with Crippen LogP contribution in [-0.4, -0.2) is 23.0 Å². The lowest BCUT2D eigenvalue weighted by Gasteiger charge is -2.14. The molecule has 4 nitrogen and oxygen atoms in total. The van der Waals surface area contributed by atoms with Crippen molar-refractivity contribution in [3.05, 3.63) is 33.8 Å². The van der Waals surface area contributed by atoms with E-state index in [1.165, 1.54) is 0 Å². The highest BCUT2D eigenvalue weighted by molar-refractivity contribution is 6.35. The van der Waals surface area contributed by atoms with Crippen LogP contribution in [0.1, 0.15) is 31.7 Å². The number of rotatable bonds is 7. The SMILES string of the molecule is CCC(CC(=O)O)NC(=O)CCc1ccc(Cl)cc1Cl. The molecule has 0 aliphatic rings. The lowest BCUT2D eigenvalue weighted by molar-refractivity contribution is -0.137. The number of hydrogen-bond acceptors (Lipinski definition) is 2. The predicted molar refractivity (Wildman–Crippen MR) is 79.3 cm³/mol. The molecule has 110 valence electrons. The molecule has 1 atom stereocenters. The molecule has 0 heterocycles. The predicted octanol–water partition coefficient (Wildman–Crippen LogP) is 3.30. The lowest BCUT2D eigenvalue weighted by atomic mass is 10.1. The van der Waals surface area contributed by atoms with Gasteiger partial charge in [0.15, 0.2) is 0 Å². The third kappa shape index (κ3) is 5.80. The molecular weight excluding hydrogens is 301 g/mol. The van der Waals surface area contributed by atoms with Crippen LogP contribution < -0.4 is 5.32 Å². The van der Waals surface area contributed by atoms with Crippen LogP contribution in [0, 0.1) is 0 Å². The minimum Gasteiger partial charge on any atom is -0.481 e. The fraction of sp³-hybridized carbons (Fsp3) is 0.429. The molecule has 20 heavy (non-hydrogen) atoms. The van der Waals surface area contributed by atoms with Gasteiger partial charge in [0.1, 0.15) is 0 Å². The molecule has 0 fully saturated rings. The molecule has 1 rings (SSSR count). The molecule has 0 radical (unpaired) electrons. The maximum atomic E-state index is 11.8. The summed E-state index contributed by atoms with van der Waals surface area (Å²) in [6, 6.07) is 4.81. The lowest BCUT2D eigenvalue weighted by Crippen LogP contribution is -2.36. The number of carboxylic acids is 1. The highest BCUT2D eigenvalue weighted by Gasteiger charge is 2.14. The van der Waals surface area contributed by atoms with Crippen LogP contribution in [0.4, 0.5) is 0 Å². The van der Waals surface area contributed by atoms with Crippen molar-refractivity contribution in [1.82, 2.24) is 5.32 Å². The summed E-state index contributed by atoms with van der Waals surface area (Å²) in [5.74, 6) is -1.10. The van der Waals surface area contributed by atoms with E-state index in [0.717, 1.165) is 5.56 Å². The van der Waals surface area contributed by atoms with Gasteiger partial charge in [-0.05, 0) is 30.5 Å². The van der Waals surface area contributed by atoms with Crippen LogP contribution in [0.25, 0.3) is 0 Å². The van der Waals surface area contributed by atoms with E-state index in [0.29, 0.717) is 22.9 Å². The van der Waals surface area contributed by atoms with Crippen molar-refractivity contribution in [2.75, 3.05) is 0 Å². The summed E-state index contributed by atoms with van der Waals surface area (Å²) < 4.78 is 0. The van der Waals surface area contributed by atoms with Crippen molar-refractivity contribution in [1.29, 1.82) is 0 Å². The van der Waals surface area contributed by atoms with Crippen molar-refractivity contribution < 1.29 is 14.7 Å². The second kappa shape index (κ2) is 8.12. The Balaban J connectivity index is 2.48. The number of carbonyl (C=O) groups is 2. The molecule has 1 aromatic rings. The molecule has 0 saturated heterocycles. The second-order valence-corrected chi connectivity index (χ2v) is 5.35. The molecule has 6 heteroatoms. The molecule has 0 saturated carbocycles. The maximum absolute atomic E-state index is 11.8. The van der Waals surface area contributed by atoms with E-state index in [4.69, 9.17) is 28.3 Å². The van der Waals surface area contributed by atoms with E-state index < -0.39 is 5.97 Å². The molecule has 0 spiro atoms. The smallest absolute Gasteiger partial charge is 0.305 e. The van der Waals surface area contributed by atoms with Crippen LogP contribution in [-0.2, 0) is 16.0 Å². The van der Waals surface area contributed by atoms with Crippen molar-refractivity contribution in [3.63, 3.8) is 0 Å². The molecule has 0 aliphatic carbocycles. The Morgan fingerprint density at radius 1 is 1.35 bits per heavy atom. The summed E-state index contributed by atoms with van der Waals surface area (Å²) in [4.78, 5) is 22.4. The van der Waals surface area contributed by atoms with Gasteiger partial charge in [-0.15, -0.1) is 0 Å². The number of halogens is 2. The number of carbonyl (C=O) groups excluding carboxylic acids is 1. The second-order valence-electron chi connectivity index (χ2n) is 4.51. The Labute approximate surface area is 128 Å². The zero-order chi connectivity index (χ0) is 15.1. The van der Waals surface area contributed by atoms with E-state index in [9.17, 15) is 9.59 Å². The fourth-order valence-electron chi connectivity index (χ4n) is 1.78. The first kappa shape index (κ1) is 16.8. The molecule has 2 N–H and O–H groups in total. The molecule has 1 aromatic carbocycles. The first-order chi connectivity index (χ1) is 9.42. The van der Waals surface area contributed by atoms with Gasteiger partial charge in [0.05, 0.1) is 6.42 Å². The first-order valence-electron chi connectivity index (χ1n) is 6.37. The van der Waals surface area contributed by atoms with E-state index >= 15 is 0 Å². The summed E-state index contributed by atoms with van der Waals surface area (Å²) >= 11 is 11.8. The van der Waals surface area contributed by atoms with Crippen LogP contribution in [0.2, 0.25) is 10.0 Å². The minimum absolute atomic E-state index is 0.0655. The Bertz CT molecular complexity index is 491. The number of benzene rings is 1. The maximum Gasteiger partial charge on any atom is 0.305 e. The van der Waals surface area contributed by atoms with Crippen molar-refractivity contribution in [2.24, 2.45) is 0 Å². The van der Waals surface area contributed by atoms with Gasteiger partial charge in [0.2, 0.25) is 5.91 Å². The Kier molecular flexibility index (Phi) is 6.82. The van der Waals surface area contributed by atoms with E-state index in [-0.39, 0.29) is 24.8 Å². The van der Waals surface area contributed by atoms with E-state index in [1.54, 1.807) is 18.2 Å². The summed E-state index contributed by atoms with van der Waals surface area (Å²) in [6.45, 7) is 1.84. The normalized spacial score (nSPS) is 11.9. The minimum atomic E-state index is -0.919. The highest BCUT2D eigenvalue weighted by Crippen LogP contribution is 2.22. The van der Waals surface area contributed by atoms with E-state index in [2.05, 4.69) is 5.32 Å². The van der Waals surface area contributed by atoms with Crippen LogP contribution in [0.3, 0.4) is 0 Å². The summed E-state index contributed by atoms with van der Waals surface area (Å²) in [6.07, 6.45) is 1.27. The van der Waals surface area contributed by atoms with Gasteiger partial charge in [-0.2, -0.15) is 0 Å². The Hall–Kier alpha value is -1.26. The third-order valence-electron chi connectivity index (χ3n) is 2.92. The summed E-state index contributed by atoms with van der Waals surface area (Å²) in [5.41, 5.74) is 0.845. The topological polar surface area (TPSA) is 66.4 Å². The average Bonchev–Trinajstić information content (AvgIpc) is 2.36. The van der Waals surface area contributed by atoms with Crippen LogP contribution in [0.5, 0.6) is 0 Å². The van der Waals surface area contributed by atoms with Gasteiger partial charge in [0.25, 0.3) is 0 Å². The first-order valence-corrected chi connectivity index (χ1v) is 7.13. The van der Waals surface area contributed by atoms with Crippen molar-refractivity contribution in [2.45, 2.75) is 38.6 Å². The molecule has 0 aliphatic heterocycles. The zero-order valence-electron chi connectivity index (χ0n) is 11.2. The number of aryl methyl sites for hydroxylation is 1. The number of carboxylic acid groups (broad SMARTS) is 1. The average molecular weight is 318 g/mol. The number of amides is 1. The highest BCUT2D eigenvalue weighted by atomic mass is 35.5. The third-order valence-corrected chi connectivity index (χ3v) is 3.50. The van der Waals surface area contributed by atoms with Gasteiger partial charge in [-0.1, -0.05) is 36.2 Å². The summed E-state index contributed by atoms with van der Waals surface area (Å²) in [5, 5.41) is 12.5. The Morgan fingerprint density at radius 2 is 2.05 bits per heavy atom. The zero-order valence-corrected chi connectivity index (χ0v) is 12.7. The quantitative estimate of drug-likeness (QED) is 0.810. The van der Waals surface area contributed by atoms with Crippen molar-refractivity contribution in [3.8, 4) is 0 Å². The van der Waals surface area contributed by atoms with E-state index in [1.807, 2.05) is 6.92 Å².